The van der Waals surface area contributed by atoms with E-state index in [0.717, 1.165) is 67.1 Å². The minimum atomic E-state index is -2.85. The molecule has 0 unspecified atom stereocenters. The number of benzene rings is 2. The van der Waals surface area contributed by atoms with Gasteiger partial charge in [0.05, 0.1) is 40.1 Å². The van der Waals surface area contributed by atoms with E-state index in [0.29, 0.717) is 33.4 Å². The highest BCUT2D eigenvalue weighted by Crippen LogP contribution is 2.43. The van der Waals surface area contributed by atoms with Gasteiger partial charge in [-0.05, 0) is 69.5 Å². The molecule has 5 aromatic rings. The maximum Gasteiger partial charge on any atom is 0.314 e. The summed E-state index contributed by atoms with van der Waals surface area (Å²) in [4.78, 5) is 32.3. The maximum absolute atomic E-state index is 13.7. The molecule has 0 radical (unpaired) electrons. The molecule has 3 aromatic heterocycles. The number of anilines is 2. The van der Waals surface area contributed by atoms with Crippen LogP contribution in [0.5, 0.6) is 5.88 Å². The van der Waals surface area contributed by atoms with Gasteiger partial charge >= 0.3 is 6.03 Å². The number of fused-ring (bicyclic) bond motifs is 2. The van der Waals surface area contributed by atoms with E-state index in [9.17, 15) is 18.4 Å². The molecule has 1 aliphatic rings. The fourth-order valence-electron chi connectivity index (χ4n) is 5.95. The van der Waals surface area contributed by atoms with Crippen LogP contribution in [-0.4, -0.2) is 60.1 Å². The predicted molar refractivity (Wildman–Crippen MR) is 202 cm³/mol. The highest BCUT2D eigenvalue weighted by molar-refractivity contribution is 6.39. The second-order valence-electron chi connectivity index (χ2n) is 12.0. The first-order valence-corrected chi connectivity index (χ1v) is 17.5. The SMILES string of the molecule is CNCCCCNC(=O)NC.COc1nc(-c2cccc(-c3cccc(Nc4nc(C(F)F)cc5cnn(C)c(=O)c45)c3Cl)c2Cl)cc2c1CCC2. The number of ether oxygens (including phenoxy) is 1. The first-order chi connectivity index (χ1) is 25.1. The number of carbonyl (C=O) groups excluding carboxylic acids is 1. The average Bonchev–Trinajstić information content (AvgIpc) is 3.63. The lowest BCUT2D eigenvalue weighted by molar-refractivity contribution is 0.146. The number of hydrogen-bond acceptors (Lipinski definition) is 8. The molecule has 52 heavy (non-hydrogen) atoms. The summed E-state index contributed by atoms with van der Waals surface area (Å²) >= 11 is 13.9. The molecule has 6 rings (SSSR count). The van der Waals surface area contributed by atoms with Crippen LogP contribution in [0.4, 0.5) is 25.1 Å². The Morgan fingerprint density at radius 3 is 2.40 bits per heavy atom. The van der Waals surface area contributed by atoms with Crippen LogP contribution in [0, 0.1) is 0 Å². The lowest BCUT2D eigenvalue weighted by atomic mass is 9.99. The topological polar surface area (TPSA) is 135 Å². The van der Waals surface area contributed by atoms with Crippen molar-refractivity contribution in [3.8, 4) is 28.3 Å². The average molecular weight is 754 g/mol. The Bertz CT molecular complexity index is 2130. The van der Waals surface area contributed by atoms with E-state index in [1.54, 1.807) is 32.4 Å². The molecule has 11 nitrogen and oxygen atoms in total. The number of unbranched alkanes of at least 4 members (excludes halogenated alkanes) is 1. The molecule has 1 aliphatic carbocycles. The van der Waals surface area contributed by atoms with Gasteiger partial charge in [0.25, 0.3) is 12.0 Å². The van der Waals surface area contributed by atoms with E-state index in [4.69, 9.17) is 32.9 Å². The Kier molecular flexibility index (Phi) is 13.0. The van der Waals surface area contributed by atoms with Crippen molar-refractivity contribution < 1.29 is 18.3 Å². The van der Waals surface area contributed by atoms with Gasteiger partial charge < -0.3 is 26.0 Å². The van der Waals surface area contributed by atoms with E-state index >= 15 is 0 Å². The molecular formula is C37H40Cl2F2N8O3. The van der Waals surface area contributed by atoms with Crippen LogP contribution >= 0.6 is 23.2 Å². The fourth-order valence-corrected chi connectivity index (χ4v) is 6.55. The number of methoxy groups -OCH3 is 1. The van der Waals surface area contributed by atoms with Gasteiger partial charge in [-0.1, -0.05) is 53.5 Å². The highest BCUT2D eigenvalue weighted by atomic mass is 35.5. The van der Waals surface area contributed by atoms with Crippen LogP contribution in [0.3, 0.4) is 0 Å². The quantitative estimate of drug-likeness (QED) is 0.102. The molecule has 0 saturated carbocycles. The molecule has 0 bridgehead atoms. The van der Waals surface area contributed by atoms with E-state index in [2.05, 4.69) is 37.4 Å². The lowest BCUT2D eigenvalue weighted by Gasteiger charge is -2.16. The number of aromatic nitrogens is 4. The number of nitrogens with one attached hydrogen (secondary N) is 4. The second-order valence-corrected chi connectivity index (χ2v) is 12.8. The zero-order chi connectivity index (χ0) is 37.4. The number of nitrogens with zero attached hydrogens (tertiary/aromatic N) is 4. The van der Waals surface area contributed by atoms with E-state index in [1.165, 1.54) is 18.8 Å². The first-order valence-electron chi connectivity index (χ1n) is 16.7. The standard InChI is InChI=1S/C30H23Cl2F2N5O2.C7H17N3O/c1-39-30(40)24-16(14-35-39)13-23(27(33)34)37-28(24)36-21-11-5-9-19(26(21)32)18-8-4-10-20(25(18)31)22-12-15-6-3-7-17(15)29(38-22)41-2;1-8-5-3-4-6-10-7(11)9-2/h4-5,8-14,27H,3,6-7H2,1-2H3,(H,36,37);8H,3-6H2,1-2H3,(H2,9,10,11). The van der Waals surface area contributed by atoms with Crippen LogP contribution in [0.1, 0.15) is 42.5 Å². The van der Waals surface area contributed by atoms with Crippen molar-refractivity contribution in [3.05, 3.63) is 91.9 Å². The lowest BCUT2D eigenvalue weighted by Crippen LogP contribution is -2.33. The zero-order valence-corrected chi connectivity index (χ0v) is 30.8. The van der Waals surface area contributed by atoms with Gasteiger partial charge in [-0.2, -0.15) is 5.10 Å². The Morgan fingerprint density at radius 1 is 0.981 bits per heavy atom. The van der Waals surface area contributed by atoms with Crippen molar-refractivity contribution in [1.29, 1.82) is 0 Å². The Morgan fingerprint density at radius 2 is 1.69 bits per heavy atom. The normalized spacial score (nSPS) is 11.9. The van der Waals surface area contributed by atoms with Gasteiger partial charge in [0, 0.05) is 48.3 Å². The summed E-state index contributed by atoms with van der Waals surface area (Å²) in [5.74, 6) is 0.557. The number of alkyl halides is 2. The van der Waals surface area contributed by atoms with Gasteiger partial charge in [-0.15, -0.1) is 0 Å². The number of pyridine rings is 2. The molecule has 0 aliphatic heterocycles. The monoisotopic (exact) mass is 752 g/mol. The van der Waals surface area contributed by atoms with Crippen LogP contribution in [0.2, 0.25) is 10.0 Å². The zero-order valence-electron chi connectivity index (χ0n) is 29.2. The molecule has 0 saturated heterocycles. The third-order valence-electron chi connectivity index (χ3n) is 8.60. The molecule has 274 valence electrons. The number of rotatable bonds is 11. The smallest absolute Gasteiger partial charge is 0.314 e. The molecule has 2 aromatic carbocycles. The van der Waals surface area contributed by atoms with Crippen LogP contribution < -0.4 is 31.6 Å². The fraction of sp³-hybridized carbons (Fsp3) is 0.324. The van der Waals surface area contributed by atoms with E-state index < -0.39 is 17.7 Å². The second kappa shape index (κ2) is 17.6. The summed E-state index contributed by atoms with van der Waals surface area (Å²) in [7, 11) is 6.62. The third-order valence-corrected chi connectivity index (χ3v) is 9.41. The van der Waals surface area contributed by atoms with Crippen LogP contribution in [0.25, 0.3) is 33.2 Å². The van der Waals surface area contributed by atoms with Crippen molar-refractivity contribution >= 4 is 51.5 Å². The highest BCUT2D eigenvalue weighted by Gasteiger charge is 2.22. The predicted octanol–water partition coefficient (Wildman–Crippen LogP) is 7.46. The summed E-state index contributed by atoms with van der Waals surface area (Å²) in [6.07, 6.45) is 3.55. The van der Waals surface area contributed by atoms with E-state index in [1.807, 2.05) is 25.2 Å². The third kappa shape index (κ3) is 8.60. The summed E-state index contributed by atoms with van der Waals surface area (Å²) in [6, 6.07) is 13.9. The largest absolute Gasteiger partial charge is 0.481 e. The number of amides is 2. The Labute approximate surface area is 310 Å². The van der Waals surface area contributed by atoms with Gasteiger partial charge in [-0.25, -0.2) is 28.2 Å². The minimum Gasteiger partial charge on any atom is -0.481 e. The molecule has 2 amide bonds. The number of urea groups is 1. The van der Waals surface area contributed by atoms with Crippen molar-refractivity contribution in [3.63, 3.8) is 0 Å². The van der Waals surface area contributed by atoms with Crippen LogP contribution in [-0.2, 0) is 19.9 Å². The van der Waals surface area contributed by atoms with Gasteiger partial charge in [0.15, 0.2) is 0 Å². The van der Waals surface area contributed by atoms with Crippen molar-refractivity contribution in [2.45, 2.75) is 38.5 Å². The minimum absolute atomic E-state index is 0.0471. The molecule has 15 heteroatoms. The molecule has 4 N–H and O–H groups in total. The molecule has 0 spiro atoms. The van der Waals surface area contributed by atoms with Crippen molar-refractivity contribution in [1.82, 2.24) is 35.7 Å². The number of aryl methyl sites for hydroxylation is 2. The van der Waals surface area contributed by atoms with Crippen LogP contribution in [0.15, 0.2) is 59.5 Å². The molecule has 0 fully saturated rings. The summed E-state index contributed by atoms with van der Waals surface area (Å²) in [6.45, 7) is 1.76. The Balaban J connectivity index is 0.000000413. The first kappa shape index (κ1) is 38.4. The molecular weight excluding hydrogens is 713 g/mol. The van der Waals surface area contributed by atoms with Gasteiger partial charge in [0.1, 0.15) is 11.5 Å². The van der Waals surface area contributed by atoms with Gasteiger partial charge in [0.2, 0.25) is 5.88 Å². The van der Waals surface area contributed by atoms with Gasteiger partial charge in [-0.3, -0.25) is 4.79 Å². The van der Waals surface area contributed by atoms with Crippen molar-refractivity contribution in [2.24, 2.45) is 7.05 Å². The summed E-state index contributed by atoms with van der Waals surface area (Å²) < 4.78 is 34.0. The number of hydrogen-bond donors (Lipinski definition) is 4. The number of carbonyl (C=O) groups is 1. The maximum atomic E-state index is 13.7. The summed E-state index contributed by atoms with van der Waals surface area (Å²) in [5, 5.41) is 16.3. The Hall–Kier alpha value is -4.85. The summed E-state index contributed by atoms with van der Waals surface area (Å²) in [5.41, 5.74) is 4.39. The number of halogens is 4. The van der Waals surface area contributed by atoms with E-state index in [-0.39, 0.29) is 27.6 Å². The van der Waals surface area contributed by atoms with Crippen molar-refractivity contribution in [2.75, 3.05) is 39.6 Å². The molecule has 0 atom stereocenters. The molecule has 3 heterocycles.